The maximum Gasteiger partial charge on any atom is 0.226 e. The Morgan fingerprint density at radius 2 is 2.47 bits per heavy atom. The Hall–Kier alpha value is -1.59. The molecule has 1 atom stereocenters. The van der Waals surface area contributed by atoms with Crippen LogP contribution in [-0.2, 0) is 9.53 Å². The van der Waals surface area contributed by atoms with Crippen LogP contribution < -0.4 is 10.6 Å². The SMILES string of the molecule is O=C(CC1COCCN1)Nc1cccc(O)c1. The van der Waals surface area contributed by atoms with Crippen molar-refractivity contribution in [3.8, 4) is 5.75 Å². The van der Waals surface area contributed by atoms with Gasteiger partial charge in [-0.1, -0.05) is 6.07 Å². The Labute approximate surface area is 99.8 Å². The van der Waals surface area contributed by atoms with Gasteiger partial charge < -0.3 is 20.5 Å². The maximum atomic E-state index is 11.7. The molecule has 0 radical (unpaired) electrons. The summed E-state index contributed by atoms with van der Waals surface area (Å²) in [5.74, 6) is 0.0560. The van der Waals surface area contributed by atoms with Crippen molar-refractivity contribution in [2.45, 2.75) is 12.5 Å². The topological polar surface area (TPSA) is 70.6 Å². The van der Waals surface area contributed by atoms with Crippen molar-refractivity contribution in [1.82, 2.24) is 5.32 Å². The molecule has 1 fully saturated rings. The Bertz CT molecular complexity index is 389. The summed E-state index contributed by atoms with van der Waals surface area (Å²) < 4.78 is 5.27. The van der Waals surface area contributed by atoms with Crippen LogP contribution in [0.25, 0.3) is 0 Å². The molecule has 3 N–H and O–H groups in total. The third-order valence-corrected chi connectivity index (χ3v) is 2.56. The molecule has 1 aromatic carbocycles. The normalized spacial score (nSPS) is 19.9. The zero-order chi connectivity index (χ0) is 12.1. The molecule has 1 aliphatic heterocycles. The number of carbonyl (C=O) groups is 1. The lowest BCUT2D eigenvalue weighted by molar-refractivity contribution is -0.117. The maximum absolute atomic E-state index is 11.7. The summed E-state index contributed by atoms with van der Waals surface area (Å²) in [5.41, 5.74) is 0.603. The van der Waals surface area contributed by atoms with E-state index < -0.39 is 0 Å². The first-order valence-corrected chi connectivity index (χ1v) is 5.64. The fourth-order valence-electron chi connectivity index (χ4n) is 1.77. The minimum Gasteiger partial charge on any atom is -0.508 e. The monoisotopic (exact) mass is 236 g/mol. The average Bonchev–Trinajstić information content (AvgIpc) is 2.30. The van der Waals surface area contributed by atoms with Crippen molar-refractivity contribution in [2.75, 3.05) is 25.1 Å². The number of hydrogen-bond acceptors (Lipinski definition) is 4. The van der Waals surface area contributed by atoms with E-state index in [0.717, 1.165) is 6.54 Å². The largest absolute Gasteiger partial charge is 0.508 e. The highest BCUT2D eigenvalue weighted by molar-refractivity contribution is 5.91. The van der Waals surface area contributed by atoms with E-state index in [1.54, 1.807) is 18.2 Å². The van der Waals surface area contributed by atoms with Crippen molar-refractivity contribution in [3.63, 3.8) is 0 Å². The number of carbonyl (C=O) groups excluding carboxylic acids is 1. The summed E-state index contributed by atoms with van der Waals surface area (Å²) in [6.45, 7) is 2.04. The number of aromatic hydroxyl groups is 1. The Kier molecular flexibility index (Phi) is 3.95. The van der Waals surface area contributed by atoms with Crippen molar-refractivity contribution in [1.29, 1.82) is 0 Å². The molecule has 1 unspecified atom stereocenters. The van der Waals surface area contributed by atoms with E-state index in [9.17, 15) is 9.90 Å². The van der Waals surface area contributed by atoms with Gasteiger partial charge in [-0.25, -0.2) is 0 Å². The van der Waals surface area contributed by atoms with Crippen molar-refractivity contribution < 1.29 is 14.6 Å². The number of ether oxygens (including phenoxy) is 1. The third kappa shape index (κ3) is 3.72. The summed E-state index contributed by atoms with van der Waals surface area (Å²) in [6.07, 6.45) is 0.371. The molecule has 5 heteroatoms. The molecule has 1 aliphatic rings. The minimum atomic E-state index is -0.0846. The fourth-order valence-corrected chi connectivity index (χ4v) is 1.77. The third-order valence-electron chi connectivity index (χ3n) is 2.56. The molecule has 0 aromatic heterocycles. The molecule has 5 nitrogen and oxygen atoms in total. The van der Waals surface area contributed by atoms with Crippen LogP contribution in [0.15, 0.2) is 24.3 Å². The first-order valence-electron chi connectivity index (χ1n) is 5.64. The first-order chi connectivity index (χ1) is 8.24. The van der Waals surface area contributed by atoms with Crippen molar-refractivity contribution >= 4 is 11.6 Å². The van der Waals surface area contributed by atoms with Gasteiger partial charge >= 0.3 is 0 Å². The summed E-state index contributed by atoms with van der Waals surface area (Å²) in [6, 6.07) is 6.57. The molecule has 1 heterocycles. The van der Waals surface area contributed by atoms with Crippen LogP contribution in [-0.4, -0.2) is 36.8 Å². The van der Waals surface area contributed by atoms with E-state index >= 15 is 0 Å². The molecule has 17 heavy (non-hydrogen) atoms. The summed E-state index contributed by atoms with van der Waals surface area (Å²) in [5, 5.41) is 15.2. The van der Waals surface area contributed by atoms with Gasteiger partial charge in [0.15, 0.2) is 0 Å². The van der Waals surface area contributed by atoms with E-state index in [1.807, 2.05) is 0 Å². The number of benzene rings is 1. The van der Waals surface area contributed by atoms with Gasteiger partial charge in [0.1, 0.15) is 5.75 Å². The predicted octanol–water partition coefficient (Wildman–Crippen LogP) is 0.709. The molecule has 2 rings (SSSR count). The number of morpholine rings is 1. The number of rotatable bonds is 3. The lowest BCUT2D eigenvalue weighted by Gasteiger charge is -2.23. The zero-order valence-corrected chi connectivity index (χ0v) is 9.48. The molecule has 0 spiro atoms. The summed E-state index contributed by atoms with van der Waals surface area (Å²) in [7, 11) is 0. The van der Waals surface area contributed by atoms with E-state index in [4.69, 9.17) is 4.74 Å². The van der Waals surface area contributed by atoms with E-state index in [2.05, 4.69) is 10.6 Å². The highest BCUT2D eigenvalue weighted by Crippen LogP contribution is 2.15. The van der Waals surface area contributed by atoms with Crippen LogP contribution in [0.3, 0.4) is 0 Å². The fraction of sp³-hybridized carbons (Fsp3) is 0.417. The summed E-state index contributed by atoms with van der Waals surface area (Å²) >= 11 is 0. The second-order valence-corrected chi connectivity index (χ2v) is 4.03. The number of nitrogens with one attached hydrogen (secondary N) is 2. The van der Waals surface area contributed by atoms with Gasteiger partial charge in [-0.2, -0.15) is 0 Å². The lowest BCUT2D eigenvalue weighted by Crippen LogP contribution is -2.43. The van der Waals surface area contributed by atoms with E-state index in [-0.39, 0.29) is 17.7 Å². The predicted molar refractivity (Wildman–Crippen MR) is 64.0 cm³/mol. The van der Waals surface area contributed by atoms with Crippen LogP contribution in [0.5, 0.6) is 5.75 Å². The Morgan fingerprint density at radius 1 is 1.59 bits per heavy atom. The van der Waals surface area contributed by atoms with Crippen molar-refractivity contribution in [3.05, 3.63) is 24.3 Å². The number of hydrogen-bond donors (Lipinski definition) is 3. The molecule has 0 aliphatic carbocycles. The zero-order valence-electron chi connectivity index (χ0n) is 9.48. The molecule has 0 bridgehead atoms. The van der Waals surface area contributed by atoms with Crippen molar-refractivity contribution in [2.24, 2.45) is 0 Å². The summed E-state index contributed by atoms with van der Waals surface area (Å²) in [4.78, 5) is 11.7. The molecular weight excluding hydrogens is 220 g/mol. The molecule has 1 amide bonds. The number of phenols is 1. The average molecular weight is 236 g/mol. The number of amides is 1. The Morgan fingerprint density at radius 3 is 3.18 bits per heavy atom. The van der Waals surface area contributed by atoms with Gasteiger partial charge in [-0.3, -0.25) is 4.79 Å². The second kappa shape index (κ2) is 5.65. The van der Waals surface area contributed by atoms with E-state index in [1.165, 1.54) is 6.07 Å². The van der Waals surface area contributed by atoms with Crippen LogP contribution in [0, 0.1) is 0 Å². The van der Waals surface area contributed by atoms with Gasteiger partial charge in [0, 0.05) is 30.8 Å². The molecule has 1 aromatic rings. The van der Waals surface area contributed by atoms with Gasteiger partial charge in [-0.15, -0.1) is 0 Å². The van der Waals surface area contributed by atoms with Gasteiger partial charge in [-0.05, 0) is 12.1 Å². The van der Waals surface area contributed by atoms with E-state index in [0.29, 0.717) is 25.3 Å². The van der Waals surface area contributed by atoms with Crippen LogP contribution in [0.2, 0.25) is 0 Å². The molecular formula is C12H16N2O3. The van der Waals surface area contributed by atoms with Gasteiger partial charge in [0.25, 0.3) is 0 Å². The smallest absolute Gasteiger partial charge is 0.226 e. The minimum absolute atomic E-state index is 0.0704. The van der Waals surface area contributed by atoms with Crippen LogP contribution in [0.1, 0.15) is 6.42 Å². The highest BCUT2D eigenvalue weighted by Gasteiger charge is 2.16. The standard InChI is InChI=1S/C12H16N2O3/c15-11-3-1-2-9(6-11)14-12(16)7-10-8-17-5-4-13-10/h1-3,6,10,13,15H,4-5,7-8H2,(H,14,16). The quantitative estimate of drug-likeness (QED) is 0.723. The van der Waals surface area contributed by atoms with Crippen LogP contribution in [0.4, 0.5) is 5.69 Å². The van der Waals surface area contributed by atoms with Gasteiger partial charge in [0.2, 0.25) is 5.91 Å². The second-order valence-electron chi connectivity index (χ2n) is 4.03. The molecule has 92 valence electrons. The lowest BCUT2D eigenvalue weighted by atomic mass is 10.2. The molecule has 0 saturated carbocycles. The van der Waals surface area contributed by atoms with Gasteiger partial charge in [0.05, 0.1) is 13.2 Å². The molecule has 1 saturated heterocycles. The van der Waals surface area contributed by atoms with Crippen LogP contribution >= 0.6 is 0 Å². The number of anilines is 1. The number of phenolic OH excluding ortho intramolecular Hbond substituents is 1. The Balaban J connectivity index is 1.84. The highest BCUT2D eigenvalue weighted by atomic mass is 16.5. The first kappa shape index (κ1) is 11.9.